The number of hydrogen-bond acceptors (Lipinski definition) is 20. The first-order valence-electron chi connectivity index (χ1n) is 11.6. The average Bonchev–Trinajstić information content (AvgIpc) is 3.27. The Morgan fingerprint density at radius 3 is 2.23 bits per heavy atom. The molecule has 0 aromatic carbocycles. The molecule has 0 radical (unpaired) electrons. The summed E-state index contributed by atoms with van der Waals surface area (Å²) in [4.78, 5) is 11.1. The molecule has 0 saturated carbocycles. The summed E-state index contributed by atoms with van der Waals surface area (Å²) >= 11 is 0. The summed E-state index contributed by atoms with van der Waals surface area (Å²) in [5, 5.41) is 81.5. The molecule has 15 atom stereocenters. The fourth-order valence-electron chi connectivity index (χ4n) is 4.69. The van der Waals surface area contributed by atoms with Crippen LogP contribution in [0, 0.1) is 0 Å². The van der Waals surface area contributed by atoms with Gasteiger partial charge in [-0.05, 0) is 0 Å². The first kappa shape index (κ1) is 31.1. The van der Waals surface area contributed by atoms with E-state index < -0.39 is 112 Å². The molecule has 0 aromatic heterocycles. The molecule has 20 nitrogen and oxygen atoms in total. The predicted octanol–water partition coefficient (Wildman–Crippen LogP) is -7.66. The molecule has 4 heterocycles. The van der Waals surface area contributed by atoms with Crippen LogP contribution in [-0.4, -0.2) is 152 Å². The van der Waals surface area contributed by atoms with Gasteiger partial charge >= 0.3 is 13.8 Å². The number of aliphatic hydroxyl groups is 8. The Labute approximate surface area is 219 Å². The van der Waals surface area contributed by atoms with Gasteiger partial charge in [-0.3, -0.25) is 5.73 Å². The van der Waals surface area contributed by atoms with Gasteiger partial charge in [0.2, 0.25) is 0 Å². The zero-order valence-corrected chi connectivity index (χ0v) is 20.9. The van der Waals surface area contributed by atoms with Gasteiger partial charge < -0.3 is 76.1 Å². The van der Waals surface area contributed by atoms with Crippen molar-refractivity contribution in [2.75, 3.05) is 19.8 Å². The zero-order chi connectivity index (χ0) is 29.1. The van der Waals surface area contributed by atoms with Gasteiger partial charge in [0, 0.05) is 0 Å². The minimum Gasteiger partial charge on any atom is -0.394 e. The SMILES string of the molecule is N[C@H]1[C@H](O[C@H]2[C@@H](CO)O[C@@]3(O[C@@H]([C@H](O)[C@@H](N)C=O)[C@H](O)CO)OP4(=O)O[C@]3(N)[C@]2(O)O4)O[C@H](CO)[C@@H](O)[C@@H]1O. The number of phosphoric ester groups is 1. The number of carbonyl (C=O) groups excluding carboxylic acids is 1. The standard InChI is InChI=1S/C18H32N3O17P/c19-5(1-22)10(27)13(6(26)2-23)35-18-17(21)16(30,36-39(31,37-17)38-18)14(8(4-25)34-18)33-15-9(20)12(29)11(28)7(3-24)32-15/h1,5-15,23-30H,2-4,19-21H2/t5-,6+,7+,8+,9+,10+,11+,12+,13+,14-,15-,16+,17+,18-,39?/m0/s1. The summed E-state index contributed by atoms with van der Waals surface area (Å²) in [5.41, 5.74) is 14.6. The molecule has 14 N–H and O–H groups in total. The van der Waals surface area contributed by atoms with Gasteiger partial charge in [0.1, 0.15) is 55.1 Å². The number of carbonyl (C=O) groups is 1. The Morgan fingerprint density at radius 1 is 1.05 bits per heavy atom. The fraction of sp³-hybridized carbons (Fsp3) is 0.944. The third-order valence-corrected chi connectivity index (χ3v) is 8.37. The molecule has 4 saturated heterocycles. The van der Waals surface area contributed by atoms with Crippen molar-refractivity contribution in [1.29, 1.82) is 0 Å². The summed E-state index contributed by atoms with van der Waals surface area (Å²) in [5.74, 6) is -6.18. The van der Waals surface area contributed by atoms with Crippen LogP contribution in [0.15, 0.2) is 0 Å². The molecule has 226 valence electrons. The number of aliphatic hydroxyl groups excluding tert-OH is 7. The van der Waals surface area contributed by atoms with Crippen LogP contribution in [0.1, 0.15) is 0 Å². The van der Waals surface area contributed by atoms with E-state index >= 15 is 0 Å². The smallest absolute Gasteiger partial charge is 0.394 e. The lowest BCUT2D eigenvalue weighted by Crippen LogP contribution is -2.84. The number of ether oxygens (including phenoxy) is 4. The number of fused-ring (bicyclic) bond motifs is 1. The number of phosphoric acid groups is 1. The normalized spacial score (nSPS) is 50.4. The van der Waals surface area contributed by atoms with Crippen LogP contribution in [0.3, 0.4) is 0 Å². The third kappa shape index (κ3) is 4.68. The van der Waals surface area contributed by atoms with E-state index in [2.05, 4.69) is 0 Å². The quantitative estimate of drug-likeness (QED) is 0.0782. The van der Waals surface area contributed by atoms with Crippen LogP contribution in [0.25, 0.3) is 0 Å². The topological polar surface area (TPSA) is 339 Å². The highest BCUT2D eigenvalue weighted by Gasteiger charge is 2.90. The molecule has 4 rings (SSSR count). The Kier molecular flexibility index (Phi) is 8.61. The van der Waals surface area contributed by atoms with E-state index in [-0.39, 0.29) is 6.29 Å². The lowest BCUT2D eigenvalue weighted by molar-refractivity contribution is -0.511. The van der Waals surface area contributed by atoms with Crippen molar-refractivity contribution in [3.8, 4) is 0 Å². The molecule has 39 heavy (non-hydrogen) atoms. The molecule has 4 aliphatic heterocycles. The van der Waals surface area contributed by atoms with Crippen LogP contribution in [0.2, 0.25) is 0 Å². The van der Waals surface area contributed by atoms with E-state index in [9.17, 15) is 50.2 Å². The highest BCUT2D eigenvalue weighted by atomic mass is 31.2. The number of aldehydes is 1. The van der Waals surface area contributed by atoms with Crippen LogP contribution in [0.5, 0.6) is 0 Å². The summed E-state index contributed by atoms with van der Waals surface area (Å²) in [6.45, 7) is -2.92. The van der Waals surface area contributed by atoms with E-state index in [1.165, 1.54) is 0 Å². The van der Waals surface area contributed by atoms with Gasteiger partial charge in [0.15, 0.2) is 6.29 Å². The van der Waals surface area contributed by atoms with Crippen molar-refractivity contribution in [3.63, 3.8) is 0 Å². The summed E-state index contributed by atoms with van der Waals surface area (Å²) < 4.78 is 50.5. The molecule has 4 aliphatic rings. The van der Waals surface area contributed by atoms with Gasteiger partial charge in [-0.15, -0.1) is 0 Å². The van der Waals surface area contributed by atoms with Crippen molar-refractivity contribution < 1.29 is 82.7 Å². The second kappa shape index (κ2) is 10.8. The van der Waals surface area contributed by atoms with Gasteiger partial charge in [0.25, 0.3) is 11.5 Å². The van der Waals surface area contributed by atoms with Crippen molar-refractivity contribution >= 4 is 14.1 Å². The highest BCUT2D eigenvalue weighted by molar-refractivity contribution is 7.49. The van der Waals surface area contributed by atoms with Crippen molar-refractivity contribution in [2.24, 2.45) is 17.2 Å². The molecule has 4 fully saturated rings. The van der Waals surface area contributed by atoms with Crippen molar-refractivity contribution in [2.45, 2.75) is 84.7 Å². The second-order valence-electron chi connectivity index (χ2n) is 9.43. The third-order valence-electron chi connectivity index (χ3n) is 6.89. The largest absolute Gasteiger partial charge is 0.484 e. The first-order valence-corrected chi connectivity index (χ1v) is 13.0. The van der Waals surface area contributed by atoms with Gasteiger partial charge in [-0.1, -0.05) is 0 Å². The zero-order valence-electron chi connectivity index (χ0n) is 20.0. The average molecular weight is 593 g/mol. The van der Waals surface area contributed by atoms with Gasteiger partial charge in [0.05, 0.1) is 31.9 Å². The van der Waals surface area contributed by atoms with Crippen LogP contribution < -0.4 is 17.2 Å². The number of rotatable bonds is 11. The van der Waals surface area contributed by atoms with Crippen LogP contribution in [0.4, 0.5) is 0 Å². The molecular weight excluding hydrogens is 561 g/mol. The Hall–Kier alpha value is -0.820. The molecule has 1 unspecified atom stereocenters. The molecule has 0 aliphatic carbocycles. The fourth-order valence-corrected chi connectivity index (χ4v) is 6.49. The van der Waals surface area contributed by atoms with Gasteiger partial charge in [-0.25, -0.2) is 18.1 Å². The maximum atomic E-state index is 13.1. The lowest BCUT2D eigenvalue weighted by atomic mass is 9.87. The van der Waals surface area contributed by atoms with E-state index in [0.29, 0.717) is 0 Å². The molecule has 0 aromatic rings. The second-order valence-corrected chi connectivity index (χ2v) is 10.9. The van der Waals surface area contributed by atoms with E-state index in [4.69, 9.17) is 49.7 Å². The van der Waals surface area contributed by atoms with E-state index in [1.54, 1.807) is 0 Å². The minimum absolute atomic E-state index is 0.0846. The van der Waals surface area contributed by atoms with E-state index in [1.807, 2.05) is 0 Å². The Balaban J connectivity index is 1.71. The summed E-state index contributed by atoms with van der Waals surface area (Å²) in [6.07, 6.45) is -16.3. The van der Waals surface area contributed by atoms with Crippen molar-refractivity contribution in [1.82, 2.24) is 0 Å². The number of hydrogen-bond donors (Lipinski definition) is 11. The maximum Gasteiger partial charge on any atom is 0.484 e. The number of nitrogens with two attached hydrogens (primary N) is 3. The monoisotopic (exact) mass is 593 g/mol. The minimum atomic E-state index is -4.90. The summed E-state index contributed by atoms with van der Waals surface area (Å²) in [7, 11) is -4.90. The molecule has 0 spiro atoms. The molecule has 21 heteroatoms. The Morgan fingerprint density at radius 2 is 1.69 bits per heavy atom. The Bertz CT molecular complexity index is 966. The lowest BCUT2D eigenvalue weighted by Gasteiger charge is -2.56. The first-order chi connectivity index (χ1) is 18.2. The van der Waals surface area contributed by atoms with Crippen molar-refractivity contribution in [3.05, 3.63) is 0 Å². The van der Waals surface area contributed by atoms with Crippen LogP contribution >= 0.6 is 7.82 Å². The van der Waals surface area contributed by atoms with Crippen LogP contribution in [-0.2, 0) is 41.9 Å². The molecular formula is C18H32N3O17P. The summed E-state index contributed by atoms with van der Waals surface area (Å²) in [6, 6.07) is -3.22. The molecule has 2 bridgehead atoms. The maximum absolute atomic E-state index is 13.1. The predicted molar refractivity (Wildman–Crippen MR) is 116 cm³/mol. The molecule has 0 amide bonds. The van der Waals surface area contributed by atoms with Gasteiger partial charge in [-0.2, -0.15) is 0 Å². The van der Waals surface area contributed by atoms with E-state index in [0.717, 1.165) is 0 Å². The highest BCUT2D eigenvalue weighted by Crippen LogP contribution is 2.77.